The summed E-state index contributed by atoms with van der Waals surface area (Å²) >= 11 is 6.43. The molecule has 212 valence electrons. The van der Waals surface area contributed by atoms with E-state index in [4.69, 9.17) is 11.6 Å². The summed E-state index contributed by atoms with van der Waals surface area (Å²) in [7, 11) is 0. The van der Waals surface area contributed by atoms with Gasteiger partial charge in [0.05, 0.1) is 33.6 Å². The second kappa shape index (κ2) is 11.1. The molecule has 0 aliphatic carbocycles. The van der Waals surface area contributed by atoms with Crippen LogP contribution in [0.1, 0.15) is 85.0 Å². The van der Waals surface area contributed by atoms with E-state index in [0.717, 1.165) is 0 Å². The van der Waals surface area contributed by atoms with Crippen molar-refractivity contribution >= 4 is 29.1 Å². The quantitative estimate of drug-likeness (QED) is 0.347. The monoisotopic (exact) mass is 574 g/mol. The Morgan fingerprint density at radius 1 is 1.07 bits per heavy atom. The molecule has 0 radical (unpaired) electrons. The van der Waals surface area contributed by atoms with Gasteiger partial charge in [-0.1, -0.05) is 32.4 Å². The van der Waals surface area contributed by atoms with Gasteiger partial charge in [0.1, 0.15) is 12.2 Å². The molecular formula is C28H31ClN10O2. The van der Waals surface area contributed by atoms with Crippen molar-refractivity contribution in [3.05, 3.63) is 75.5 Å². The summed E-state index contributed by atoms with van der Waals surface area (Å²) in [5, 5.41) is 32.8. The van der Waals surface area contributed by atoms with Crippen molar-refractivity contribution in [1.82, 2.24) is 40.3 Å². The minimum absolute atomic E-state index is 0.114. The Bertz CT molecular complexity index is 1670. The molecule has 0 aliphatic heterocycles. The third-order valence-corrected chi connectivity index (χ3v) is 6.09. The van der Waals surface area contributed by atoms with Gasteiger partial charge in [-0.3, -0.25) is 9.59 Å². The number of nitrogens with one attached hydrogen (secondary N) is 2. The molecule has 0 aliphatic rings. The predicted octanol–water partition coefficient (Wildman–Crippen LogP) is 4.21. The summed E-state index contributed by atoms with van der Waals surface area (Å²) in [6.45, 7) is 13.3. The van der Waals surface area contributed by atoms with Crippen LogP contribution in [0.25, 0.3) is 5.82 Å². The zero-order valence-electron chi connectivity index (χ0n) is 23.9. The van der Waals surface area contributed by atoms with Crippen LogP contribution in [0.2, 0.25) is 5.02 Å². The highest BCUT2D eigenvalue weighted by Gasteiger charge is 2.25. The number of pyridine rings is 1. The van der Waals surface area contributed by atoms with Crippen LogP contribution in [0.15, 0.2) is 36.5 Å². The lowest BCUT2D eigenvalue weighted by molar-refractivity contribution is 0.0920. The maximum atomic E-state index is 13.8. The second-order valence-corrected chi connectivity index (χ2v) is 12.0. The molecule has 4 aromatic rings. The van der Waals surface area contributed by atoms with E-state index in [2.05, 4.69) is 42.2 Å². The SMILES string of the molecule is Cc1cc(C#N)cc(C(=O)NC(C)(C)C)c1NC(=O)c1cc(Cn2nnc(C(C)(C)C)n2)nn1-c1ncccc1Cl. The molecule has 13 heteroatoms. The summed E-state index contributed by atoms with van der Waals surface area (Å²) in [6.07, 6.45) is 1.54. The molecule has 3 heterocycles. The highest BCUT2D eigenvalue weighted by atomic mass is 35.5. The fourth-order valence-corrected chi connectivity index (χ4v) is 4.10. The fourth-order valence-electron chi connectivity index (χ4n) is 3.90. The molecule has 0 saturated carbocycles. The Hall–Kier alpha value is -4.63. The number of carbonyl (C=O) groups is 2. The van der Waals surface area contributed by atoms with E-state index in [-0.39, 0.29) is 39.7 Å². The number of anilines is 1. The van der Waals surface area contributed by atoms with E-state index < -0.39 is 17.4 Å². The zero-order chi connectivity index (χ0) is 30.1. The maximum Gasteiger partial charge on any atom is 0.274 e. The Labute approximate surface area is 242 Å². The smallest absolute Gasteiger partial charge is 0.274 e. The van der Waals surface area contributed by atoms with Gasteiger partial charge in [-0.05, 0) is 68.8 Å². The molecule has 12 nitrogen and oxygen atoms in total. The van der Waals surface area contributed by atoms with E-state index >= 15 is 0 Å². The van der Waals surface area contributed by atoms with Gasteiger partial charge < -0.3 is 10.6 Å². The lowest BCUT2D eigenvalue weighted by atomic mass is 9.96. The van der Waals surface area contributed by atoms with Crippen LogP contribution in [-0.2, 0) is 12.0 Å². The van der Waals surface area contributed by atoms with E-state index in [0.29, 0.717) is 22.6 Å². The van der Waals surface area contributed by atoms with E-state index in [1.807, 2.05) is 41.5 Å². The topological polar surface area (TPSA) is 156 Å². The van der Waals surface area contributed by atoms with Crippen molar-refractivity contribution < 1.29 is 9.59 Å². The third kappa shape index (κ3) is 6.75. The highest BCUT2D eigenvalue weighted by molar-refractivity contribution is 6.32. The molecule has 2 N–H and O–H groups in total. The number of halogens is 1. The average molecular weight is 575 g/mol. The van der Waals surface area contributed by atoms with E-state index in [9.17, 15) is 14.9 Å². The summed E-state index contributed by atoms with van der Waals surface area (Å²) in [5.74, 6) is -0.179. The van der Waals surface area contributed by atoms with Crippen molar-refractivity contribution in [1.29, 1.82) is 5.26 Å². The normalized spacial score (nSPS) is 11.7. The van der Waals surface area contributed by atoms with Gasteiger partial charge in [0.2, 0.25) is 0 Å². The molecule has 4 rings (SSSR count). The first kappa shape index (κ1) is 29.4. The Morgan fingerprint density at radius 3 is 2.41 bits per heavy atom. The van der Waals surface area contributed by atoms with Gasteiger partial charge in [0.15, 0.2) is 11.6 Å². The lowest BCUT2D eigenvalue weighted by Gasteiger charge is -2.22. The number of rotatable bonds is 6. The molecular weight excluding hydrogens is 544 g/mol. The first-order valence-corrected chi connectivity index (χ1v) is 13.2. The number of carbonyl (C=O) groups excluding carboxylic acids is 2. The number of hydrogen-bond donors (Lipinski definition) is 2. The number of hydrogen-bond acceptors (Lipinski definition) is 8. The van der Waals surface area contributed by atoms with Crippen LogP contribution >= 0.6 is 11.6 Å². The molecule has 0 spiro atoms. The van der Waals surface area contributed by atoms with Gasteiger partial charge in [-0.25, -0.2) is 9.67 Å². The first-order chi connectivity index (χ1) is 19.2. The average Bonchev–Trinajstić information content (AvgIpc) is 3.52. The van der Waals surface area contributed by atoms with Crippen LogP contribution in [0.5, 0.6) is 0 Å². The van der Waals surface area contributed by atoms with Gasteiger partial charge in [-0.15, -0.1) is 10.2 Å². The second-order valence-electron chi connectivity index (χ2n) is 11.6. The summed E-state index contributed by atoms with van der Waals surface area (Å²) < 4.78 is 1.34. The van der Waals surface area contributed by atoms with Crippen molar-refractivity contribution in [3.8, 4) is 11.9 Å². The number of aryl methyl sites for hydroxylation is 1. The molecule has 0 unspecified atom stereocenters. The number of tetrazole rings is 1. The number of amides is 2. The molecule has 0 fully saturated rings. The van der Waals surface area contributed by atoms with Crippen molar-refractivity contribution in [2.75, 3.05) is 5.32 Å². The lowest BCUT2D eigenvalue weighted by Crippen LogP contribution is -2.41. The molecule has 0 atom stereocenters. The Balaban J connectivity index is 1.76. The molecule has 0 saturated heterocycles. The molecule has 41 heavy (non-hydrogen) atoms. The highest BCUT2D eigenvalue weighted by Crippen LogP contribution is 2.26. The minimum Gasteiger partial charge on any atom is -0.347 e. The van der Waals surface area contributed by atoms with Crippen LogP contribution in [0.4, 0.5) is 5.69 Å². The zero-order valence-corrected chi connectivity index (χ0v) is 24.7. The Morgan fingerprint density at radius 2 is 1.80 bits per heavy atom. The number of nitrogens with zero attached hydrogens (tertiary/aromatic N) is 8. The van der Waals surface area contributed by atoms with Gasteiger partial charge in [0, 0.05) is 17.2 Å². The standard InChI is InChI=1S/C28H31ClN10O2/c1-16-11-17(14-30)12-19(24(40)33-28(5,6)7)22(16)32-25(41)21-13-18(15-38-36-26(34-37-38)27(2,3)4)35-39(21)23-20(29)9-8-10-31-23/h8-13H,15H2,1-7H3,(H,32,41)(H,33,40). The number of nitriles is 1. The Kier molecular flexibility index (Phi) is 7.94. The molecule has 0 bridgehead atoms. The summed E-state index contributed by atoms with van der Waals surface area (Å²) in [5.41, 5.74) is 1.00. The molecule has 1 aromatic carbocycles. The van der Waals surface area contributed by atoms with Crippen LogP contribution in [0.3, 0.4) is 0 Å². The maximum absolute atomic E-state index is 13.8. The predicted molar refractivity (Wildman–Crippen MR) is 153 cm³/mol. The number of aromatic nitrogens is 7. The largest absolute Gasteiger partial charge is 0.347 e. The van der Waals surface area contributed by atoms with Crippen LogP contribution in [0, 0.1) is 18.3 Å². The van der Waals surface area contributed by atoms with Crippen molar-refractivity contribution in [2.24, 2.45) is 0 Å². The minimum atomic E-state index is -0.565. The molecule has 2 amide bonds. The van der Waals surface area contributed by atoms with Gasteiger partial charge >= 0.3 is 0 Å². The summed E-state index contributed by atoms with van der Waals surface area (Å²) in [4.78, 5) is 32.7. The fraction of sp³-hybridized carbons (Fsp3) is 0.357. The van der Waals surface area contributed by atoms with E-state index in [1.165, 1.54) is 15.5 Å². The van der Waals surface area contributed by atoms with Crippen LogP contribution < -0.4 is 10.6 Å². The van der Waals surface area contributed by atoms with Crippen molar-refractivity contribution in [2.45, 2.75) is 66.0 Å². The molecule has 3 aromatic heterocycles. The van der Waals surface area contributed by atoms with Gasteiger partial charge in [-0.2, -0.15) is 15.2 Å². The first-order valence-electron chi connectivity index (χ1n) is 12.8. The van der Waals surface area contributed by atoms with Crippen molar-refractivity contribution in [3.63, 3.8) is 0 Å². The van der Waals surface area contributed by atoms with Gasteiger partial charge in [0.25, 0.3) is 11.8 Å². The summed E-state index contributed by atoms with van der Waals surface area (Å²) in [6, 6.07) is 10.0. The van der Waals surface area contributed by atoms with Crippen LogP contribution in [-0.4, -0.2) is 52.3 Å². The number of benzene rings is 1. The van der Waals surface area contributed by atoms with E-state index in [1.54, 1.807) is 37.4 Å². The third-order valence-electron chi connectivity index (χ3n) is 5.80.